The second kappa shape index (κ2) is 6.16. The zero-order valence-electron chi connectivity index (χ0n) is 12.3. The van der Waals surface area contributed by atoms with Crippen LogP contribution in [0.3, 0.4) is 0 Å². The molecule has 3 rings (SSSR count). The molecule has 5 nitrogen and oxygen atoms in total. The number of alkyl halides is 3. The number of ether oxygens (including phenoxy) is 1. The van der Waals surface area contributed by atoms with Crippen LogP contribution in [-0.2, 0) is 11.3 Å². The van der Waals surface area contributed by atoms with Crippen molar-refractivity contribution in [2.45, 2.75) is 50.8 Å². The molecule has 0 aromatic carbocycles. The quantitative estimate of drug-likeness (QED) is 0.925. The predicted octanol–water partition coefficient (Wildman–Crippen LogP) is 2.79. The molecule has 1 atom stereocenters. The molecule has 2 fully saturated rings. The molecule has 22 heavy (non-hydrogen) atoms. The molecule has 0 amide bonds. The molecule has 1 aliphatic heterocycles. The van der Waals surface area contributed by atoms with Gasteiger partial charge in [-0.05, 0) is 18.3 Å². The van der Waals surface area contributed by atoms with E-state index >= 15 is 0 Å². The van der Waals surface area contributed by atoms with Crippen LogP contribution in [0.15, 0.2) is 4.52 Å². The van der Waals surface area contributed by atoms with Gasteiger partial charge in [0.2, 0.25) is 5.89 Å². The standard InChI is InChI=1S/C14H20F3N3O2/c15-14(16,17)9-21-7-11-19-12(22-20-11)10-6-18-8-13(10)4-2-1-3-5-13/h10,18H,1-9H2. The molecule has 124 valence electrons. The summed E-state index contributed by atoms with van der Waals surface area (Å²) in [5.74, 6) is 0.853. The van der Waals surface area contributed by atoms with Crippen molar-refractivity contribution in [2.24, 2.45) is 5.41 Å². The molecule has 1 unspecified atom stereocenters. The van der Waals surface area contributed by atoms with Crippen LogP contribution in [-0.4, -0.2) is 36.0 Å². The maximum Gasteiger partial charge on any atom is 0.411 e. The zero-order chi connectivity index (χ0) is 15.6. The highest BCUT2D eigenvalue weighted by Gasteiger charge is 2.46. The van der Waals surface area contributed by atoms with Gasteiger partial charge in [-0.3, -0.25) is 0 Å². The summed E-state index contributed by atoms with van der Waals surface area (Å²) >= 11 is 0. The van der Waals surface area contributed by atoms with Crippen molar-refractivity contribution in [2.75, 3.05) is 19.7 Å². The Morgan fingerprint density at radius 3 is 2.77 bits per heavy atom. The van der Waals surface area contributed by atoms with Crippen LogP contribution in [0.1, 0.15) is 49.7 Å². The molecular weight excluding hydrogens is 299 g/mol. The van der Waals surface area contributed by atoms with Crippen molar-refractivity contribution in [3.8, 4) is 0 Å². The van der Waals surface area contributed by atoms with Crippen molar-refractivity contribution >= 4 is 0 Å². The Morgan fingerprint density at radius 1 is 1.27 bits per heavy atom. The third-order valence-corrected chi connectivity index (χ3v) is 4.69. The van der Waals surface area contributed by atoms with E-state index in [9.17, 15) is 13.2 Å². The van der Waals surface area contributed by atoms with E-state index in [1.165, 1.54) is 19.3 Å². The van der Waals surface area contributed by atoms with E-state index in [0.29, 0.717) is 5.89 Å². The molecule has 2 heterocycles. The molecule has 1 saturated heterocycles. The first-order valence-corrected chi connectivity index (χ1v) is 7.66. The minimum atomic E-state index is -4.34. The fraction of sp³-hybridized carbons (Fsp3) is 0.857. The Bertz CT molecular complexity index is 498. The van der Waals surface area contributed by atoms with Crippen LogP contribution >= 0.6 is 0 Å². The molecule has 0 bridgehead atoms. The summed E-state index contributed by atoms with van der Waals surface area (Å²) < 4.78 is 46.0. The minimum Gasteiger partial charge on any atom is -0.364 e. The zero-order valence-corrected chi connectivity index (χ0v) is 12.3. The fourth-order valence-electron chi connectivity index (χ4n) is 3.66. The summed E-state index contributed by atoms with van der Waals surface area (Å²) in [7, 11) is 0. The van der Waals surface area contributed by atoms with E-state index < -0.39 is 12.8 Å². The highest BCUT2D eigenvalue weighted by molar-refractivity contribution is 5.09. The molecule has 1 aromatic heterocycles. The maximum absolute atomic E-state index is 12.1. The van der Waals surface area contributed by atoms with E-state index in [1.54, 1.807) is 0 Å². The number of aromatic nitrogens is 2. The van der Waals surface area contributed by atoms with Gasteiger partial charge in [-0.25, -0.2) is 0 Å². The molecule has 2 aliphatic rings. The van der Waals surface area contributed by atoms with Crippen LogP contribution in [0.5, 0.6) is 0 Å². The molecule has 1 spiro atoms. The average Bonchev–Trinajstić information content (AvgIpc) is 3.06. The van der Waals surface area contributed by atoms with Crippen LogP contribution in [0, 0.1) is 5.41 Å². The van der Waals surface area contributed by atoms with Gasteiger partial charge in [-0.2, -0.15) is 18.2 Å². The Hall–Kier alpha value is -1.15. The van der Waals surface area contributed by atoms with Crippen LogP contribution in [0.4, 0.5) is 13.2 Å². The van der Waals surface area contributed by atoms with E-state index in [0.717, 1.165) is 25.9 Å². The lowest BCUT2D eigenvalue weighted by Crippen LogP contribution is -2.31. The van der Waals surface area contributed by atoms with E-state index in [-0.39, 0.29) is 23.8 Å². The van der Waals surface area contributed by atoms with Crippen molar-refractivity contribution in [3.05, 3.63) is 11.7 Å². The smallest absolute Gasteiger partial charge is 0.364 e. The van der Waals surface area contributed by atoms with Gasteiger partial charge in [0.25, 0.3) is 0 Å². The molecular formula is C14H20F3N3O2. The summed E-state index contributed by atoms with van der Waals surface area (Å²) in [4.78, 5) is 4.25. The second-order valence-corrected chi connectivity index (χ2v) is 6.26. The number of halogens is 3. The van der Waals surface area contributed by atoms with Crippen molar-refractivity contribution in [1.82, 2.24) is 15.5 Å². The minimum absolute atomic E-state index is 0.150. The summed E-state index contributed by atoms with van der Waals surface area (Å²) in [6, 6.07) is 0. The highest BCUT2D eigenvalue weighted by Crippen LogP contribution is 2.48. The van der Waals surface area contributed by atoms with Gasteiger partial charge in [-0.15, -0.1) is 0 Å². The molecule has 1 aromatic rings. The second-order valence-electron chi connectivity index (χ2n) is 6.26. The fourth-order valence-corrected chi connectivity index (χ4v) is 3.66. The van der Waals surface area contributed by atoms with E-state index in [4.69, 9.17) is 4.52 Å². The van der Waals surface area contributed by atoms with Crippen LogP contribution in [0.2, 0.25) is 0 Å². The van der Waals surface area contributed by atoms with Crippen molar-refractivity contribution < 1.29 is 22.4 Å². The molecule has 8 heteroatoms. The van der Waals surface area contributed by atoms with Gasteiger partial charge in [-0.1, -0.05) is 24.4 Å². The summed E-state index contributed by atoms with van der Waals surface area (Å²) in [5, 5.41) is 7.15. The van der Waals surface area contributed by atoms with E-state index in [1.807, 2.05) is 0 Å². The first kappa shape index (κ1) is 15.7. The number of hydrogen-bond acceptors (Lipinski definition) is 5. The van der Waals surface area contributed by atoms with Crippen LogP contribution < -0.4 is 5.32 Å². The number of nitrogens with one attached hydrogen (secondary N) is 1. The molecule has 1 aliphatic carbocycles. The number of rotatable bonds is 4. The van der Waals surface area contributed by atoms with Gasteiger partial charge < -0.3 is 14.6 Å². The summed E-state index contributed by atoms with van der Waals surface area (Å²) in [6.45, 7) is 0.146. The molecule has 1 N–H and O–H groups in total. The third-order valence-electron chi connectivity index (χ3n) is 4.69. The normalized spacial score (nSPS) is 25.0. The first-order chi connectivity index (χ1) is 10.5. The Kier molecular flexibility index (Phi) is 4.40. The molecule has 0 radical (unpaired) electrons. The Balaban J connectivity index is 1.63. The Morgan fingerprint density at radius 2 is 2.05 bits per heavy atom. The van der Waals surface area contributed by atoms with Crippen LogP contribution in [0.25, 0.3) is 0 Å². The van der Waals surface area contributed by atoms with Gasteiger partial charge in [0, 0.05) is 13.1 Å². The monoisotopic (exact) mass is 319 g/mol. The van der Waals surface area contributed by atoms with Crippen molar-refractivity contribution in [3.63, 3.8) is 0 Å². The molecule has 1 saturated carbocycles. The van der Waals surface area contributed by atoms with Crippen molar-refractivity contribution in [1.29, 1.82) is 0 Å². The number of hydrogen-bond donors (Lipinski definition) is 1. The van der Waals surface area contributed by atoms with Gasteiger partial charge in [0.05, 0.1) is 5.92 Å². The average molecular weight is 319 g/mol. The SMILES string of the molecule is FC(F)(F)COCc1noc(C2CNCC23CCCCC3)n1. The third kappa shape index (κ3) is 3.43. The largest absolute Gasteiger partial charge is 0.411 e. The summed E-state index contributed by atoms with van der Waals surface area (Å²) in [6.07, 6.45) is 1.59. The predicted molar refractivity (Wildman–Crippen MR) is 71.1 cm³/mol. The maximum atomic E-state index is 12.1. The lowest BCUT2D eigenvalue weighted by molar-refractivity contribution is -0.177. The van der Waals surface area contributed by atoms with Gasteiger partial charge >= 0.3 is 6.18 Å². The van der Waals surface area contributed by atoms with Gasteiger partial charge in [0.1, 0.15) is 13.2 Å². The Labute approximate surface area is 126 Å². The number of nitrogens with zero attached hydrogens (tertiary/aromatic N) is 2. The summed E-state index contributed by atoms with van der Waals surface area (Å²) in [5.41, 5.74) is 0.162. The first-order valence-electron chi connectivity index (χ1n) is 7.66. The topological polar surface area (TPSA) is 60.2 Å². The van der Waals surface area contributed by atoms with Gasteiger partial charge in [0.15, 0.2) is 5.82 Å². The highest BCUT2D eigenvalue weighted by atomic mass is 19.4. The van der Waals surface area contributed by atoms with E-state index in [2.05, 4.69) is 20.2 Å². The lowest BCUT2D eigenvalue weighted by atomic mass is 9.67. The lowest BCUT2D eigenvalue weighted by Gasteiger charge is -2.36.